The zero-order valence-corrected chi connectivity index (χ0v) is 11.8. The van der Waals surface area contributed by atoms with Gasteiger partial charge >= 0.3 is 0 Å². The summed E-state index contributed by atoms with van der Waals surface area (Å²) >= 11 is 0. The molecule has 0 saturated carbocycles. The second-order valence-electron chi connectivity index (χ2n) is 4.28. The van der Waals surface area contributed by atoms with E-state index >= 15 is 0 Å². The fraction of sp³-hybridized carbons (Fsp3) is 0.308. The predicted molar refractivity (Wildman–Crippen MR) is 74.8 cm³/mol. The number of aromatic nitrogens is 2. The Morgan fingerprint density at radius 3 is 2.47 bits per heavy atom. The van der Waals surface area contributed by atoms with Gasteiger partial charge < -0.3 is 10.3 Å². The summed E-state index contributed by atoms with van der Waals surface area (Å²) in [5, 5.41) is 3.20. The molecule has 1 heterocycles. The van der Waals surface area contributed by atoms with Gasteiger partial charge in [0, 0.05) is 5.69 Å². The molecule has 0 spiro atoms. The lowest BCUT2D eigenvalue weighted by atomic mass is 10.3. The summed E-state index contributed by atoms with van der Waals surface area (Å²) < 4.78 is 23.3. The minimum absolute atomic E-state index is 0.118. The van der Waals surface area contributed by atoms with Gasteiger partial charge in [-0.05, 0) is 31.2 Å². The molecule has 1 aromatic heterocycles. The maximum atomic E-state index is 11.7. The van der Waals surface area contributed by atoms with Crippen molar-refractivity contribution >= 4 is 15.5 Å². The molecule has 0 aliphatic heterocycles. The molecular weight excluding hydrogens is 262 g/mol. The number of benzene rings is 1. The topological polar surface area (TPSA) is 74.8 Å². The molecule has 0 aliphatic carbocycles. The van der Waals surface area contributed by atoms with E-state index in [1.165, 1.54) is 0 Å². The van der Waals surface area contributed by atoms with Gasteiger partial charge in [0.25, 0.3) is 0 Å². The van der Waals surface area contributed by atoms with Crippen LogP contribution in [0.15, 0.2) is 35.4 Å². The van der Waals surface area contributed by atoms with Crippen molar-refractivity contribution in [1.29, 1.82) is 0 Å². The predicted octanol–water partition coefficient (Wildman–Crippen LogP) is 2.12. The van der Waals surface area contributed by atoms with Gasteiger partial charge in [0.05, 0.1) is 29.1 Å². The fourth-order valence-electron chi connectivity index (χ4n) is 1.71. The monoisotopic (exact) mass is 279 g/mol. The number of hydrogen-bond acceptors (Lipinski definition) is 4. The standard InChI is InChI=1S/C13H17N3O2S/c1-3-19(17,18)13-6-4-11(5-7-13)15-9-12-8-14-10(2)16-12/h4-8,15H,3,9H2,1-2H3,(H,14,16). The summed E-state index contributed by atoms with van der Waals surface area (Å²) in [5.74, 6) is 0.994. The maximum absolute atomic E-state index is 11.7. The summed E-state index contributed by atoms with van der Waals surface area (Å²) in [6, 6.07) is 6.79. The van der Waals surface area contributed by atoms with Gasteiger partial charge in [-0.25, -0.2) is 13.4 Å². The smallest absolute Gasteiger partial charge is 0.178 e. The van der Waals surface area contributed by atoms with Crippen LogP contribution < -0.4 is 5.32 Å². The number of anilines is 1. The number of nitrogens with one attached hydrogen (secondary N) is 2. The highest BCUT2D eigenvalue weighted by molar-refractivity contribution is 7.91. The molecule has 1 aromatic carbocycles. The van der Waals surface area contributed by atoms with Crippen molar-refractivity contribution in [2.45, 2.75) is 25.3 Å². The molecule has 102 valence electrons. The average molecular weight is 279 g/mol. The van der Waals surface area contributed by atoms with E-state index in [0.717, 1.165) is 17.2 Å². The number of imidazole rings is 1. The number of H-pyrrole nitrogens is 1. The van der Waals surface area contributed by atoms with E-state index in [-0.39, 0.29) is 5.75 Å². The van der Waals surface area contributed by atoms with Gasteiger partial charge in [0.15, 0.2) is 9.84 Å². The Bertz CT molecular complexity index is 645. The summed E-state index contributed by atoms with van der Waals surface area (Å²) in [6.45, 7) is 4.16. The van der Waals surface area contributed by atoms with Crippen LogP contribution in [0.4, 0.5) is 5.69 Å². The molecule has 0 atom stereocenters. The Morgan fingerprint density at radius 1 is 1.26 bits per heavy atom. The van der Waals surface area contributed by atoms with Crippen molar-refractivity contribution in [3.8, 4) is 0 Å². The molecule has 0 aliphatic rings. The lowest BCUT2D eigenvalue weighted by Crippen LogP contribution is -2.04. The van der Waals surface area contributed by atoms with Gasteiger partial charge in [-0.1, -0.05) is 6.92 Å². The Labute approximate surface area is 113 Å². The first-order chi connectivity index (χ1) is 9.01. The number of aryl methyl sites for hydroxylation is 1. The van der Waals surface area contributed by atoms with Gasteiger partial charge in [-0.15, -0.1) is 0 Å². The summed E-state index contributed by atoms with van der Waals surface area (Å²) in [5.41, 5.74) is 1.87. The molecule has 19 heavy (non-hydrogen) atoms. The van der Waals surface area contributed by atoms with E-state index < -0.39 is 9.84 Å². The van der Waals surface area contributed by atoms with Crippen LogP contribution in [0.1, 0.15) is 18.4 Å². The van der Waals surface area contributed by atoms with Crippen LogP contribution in [-0.2, 0) is 16.4 Å². The van der Waals surface area contributed by atoms with Crippen LogP contribution >= 0.6 is 0 Å². The minimum atomic E-state index is -3.12. The zero-order chi connectivity index (χ0) is 13.9. The van der Waals surface area contributed by atoms with E-state index in [2.05, 4.69) is 15.3 Å². The third-order valence-electron chi connectivity index (χ3n) is 2.83. The number of rotatable bonds is 5. The van der Waals surface area contributed by atoms with Gasteiger partial charge in [0.2, 0.25) is 0 Å². The molecule has 0 amide bonds. The lowest BCUT2D eigenvalue weighted by molar-refractivity contribution is 0.597. The molecule has 0 radical (unpaired) electrons. The van der Waals surface area contributed by atoms with Crippen molar-refractivity contribution in [3.63, 3.8) is 0 Å². The third kappa shape index (κ3) is 3.35. The van der Waals surface area contributed by atoms with Gasteiger partial charge in [0.1, 0.15) is 5.82 Å². The van der Waals surface area contributed by atoms with Crippen LogP contribution in [0.2, 0.25) is 0 Å². The number of nitrogens with zero attached hydrogens (tertiary/aromatic N) is 1. The highest BCUT2D eigenvalue weighted by atomic mass is 32.2. The highest BCUT2D eigenvalue weighted by Crippen LogP contribution is 2.15. The SMILES string of the molecule is CCS(=O)(=O)c1ccc(NCc2cnc(C)[nH]2)cc1. The molecule has 6 heteroatoms. The average Bonchev–Trinajstić information content (AvgIpc) is 2.83. The van der Waals surface area contributed by atoms with Crippen LogP contribution in [-0.4, -0.2) is 24.1 Å². The molecule has 2 N–H and O–H groups in total. The minimum Gasteiger partial charge on any atom is -0.379 e. The summed E-state index contributed by atoms with van der Waals surface area (Å²) in [6.07, 6.45) is 1.78. The third-order valence-corrected chi connectivity index (χ3v) is 4.58. The zero-order valence-electron chi connectivity index (χ0n) is 11.0. The molecule has 2 aromatic rings. The molecular formula is C13H17N3O2S. The van der Waals surface area contributed by atoms with Crippen LogP contribution in [0, 0.1) is 6.92 Å². The molecule has 2 rings (SSSR count). The molecule has 5 nitrogen and oxygen atoms in total. The van der Waals surface area contributed by atoms with Crippen LogP contribution in [0.25, 0.3) is 0 Å². The van der Waals surface area contributed by atoms with Crippen molar-refractivity contribution in [1.82, 2.24) is 9.97 Å². The quantitative estimate of drug-likeness (QED) is 0.879. The number of sulfone groups is 1. The van der Waals surface area contributed by atoms with Crippen molar-refractivity contribution < 1.29 is 8.42 Å². The lowest BCUT2D eigenvalue weighted by Gasteiger charge is -2.06. The molecule has 0 fully saturated rings. The maximum Gasteiger partial charge on any atom is 0.178 e. The van der Waals surface area contributed by atoms with Crippen LogP contribution in [0.5, 0.6) is 0 Å². The Morgan fingerprint density at radius 2 is 1.95 bits per heavy atom. The Kier molecular flexibility index (Phi) is 3.90. The van der Waals surface area contributed by atoms with Gasteiger partial charge in [-0.2, -0.15) is 0 Å². The summed E-state index contributed by atoms with van der Waals surface area (Å²) in [4.78, 5) is 7.59. The molecule has 0 bridgehead atoms. The first kappa shape index (κ1) is 13.6. The normalized spacial score (nSPS) is 11.5. The van der Waals surface area contributed by atoms with Crippen molar-refractivity contribution in [3.05, 3.63) is 42.0 Å². The molecule has 0 unspecified atom stereocenters. The van der Waals surface area contributed by atoms with E-state index in [9.17, 15) is 8.42 Å². The first-order valence-electron chi connectivity index (χ1n) is 6.08. The highest BCUT2D eigenvalue weighted by Gasteiger charge is 2.10. The first-order valence-corrected chi connectivity index (χ1v) is 7.73. The second-order valence-corrected chi connectivity index (χ2v) is 6.55. The summed E-state index contributed by atoms with van der Waals surface area (Å²) in [7, 11) is -3.12. The second kappa shape index (κ2) is 5.44. The van der Waals surface area contributed by atoms with E-state index in [1.807, 2.05) is 6.92 Å². The van der Waals surface area contributed by atoms with Gasteiger partial charge in [-0.3, -0.25) is 0 Å². The number of aromatic amines is 1. The van der Waals surface area contributed by atoms with Crippen molar-refractivity contribution in [2.24, 2.45) is 0 Å². The van der Waals surface area contributed by atoms with E-state index in [1.54, 1.807) is 37.4 Å². The Hall–Kier alpha value is -1.82. The van der Waals surface area contributed by atoms with Crippen LogP contribution in [0.3, 0.4) is 0 Å². The van der Waals surface area contributed by atoms with Crippen molar-refractivity contribution in [2.75, 3.05) is 11.1 Å². The van der Waals surface area contributed by atoms with E-state index in [0.29, 0.717) is 11.4 Å². The molecule has 0 saturated heterocycles. The fourth-order valence-corrected chi connectivity index (χ4v) is 2.59. The Balaban J connectivity index is 2.03. The van der Waals surface area contributed by atoms with E-state index in [4.69, 9.17) is 0 Å². The largest absolute Gasteiger partial charge is 0.379 e. The number of hydrogen-bond donors (Lipinski definition) is 2.